The number of thiophene rings is 1. The lowest BCUT2D eigenvalue weighted by Gasteiger charge is -2.29. The smallest absolute Gasteiger partial charge is 0.138 e. The lowest BCUT2D eigenvalue weighted by atomic mass is 9.99. The lowest BCUT2D eigenvalue weighted by Crippen LogP contribution is -2.37. The molecule has 0 aromatic carbocycles. The van der Waals surface area contributed by atoms with E-state index < -0.39 is 0 Å². The van der Waals surface area contributed by atoms with Crippen LogP contribution in [-0.4, -0.2) is 41.3 Å². The van der Waals surface area contributed by atoms with Crippen LogP contribution in [0.15, 0.2) is 53.6 Å². The first-order valence-corrected chi connectivity index (χ1v) is 9.63. The standard InChI is InChI=1S/C20H18N4OS/c1-2-16(20(22-5-1)24-7-9-25-10-8-24)17-12-23-19-18(17)15(3-6-21-19)14-4-11-26-13-14/h1-6,11-13H,7-10H2,(H,21,23). The molecule has 0 atom stereocenters. The molecule has 1 aliphatic rings. The lowest BCUT2D eigenvalue weighted by molar-refractivity contribution is 0.122. The highest BCUT2D eigenvalue weighted by molar-refractivity contribution is 7.08. The van der Waals surface area contributed by atoms with E-state index >= 15 is 0 Å². The molecule has 1 N–H and O–H groups in total. The number of aromatic amines is 1. The molecule has 0 radical (unpaired) electrons. The quantitative estimate of drug-likeness (QED) is 0.594. The van der Waals surface area contributed by atoms with Gasteiger partial charge in [0.05, 0.1) is 13.2 Å². The van der Waals surface area contributed by atoms with Crippen LogP contribution in [0.2, 0.25) is 0 Å². The fourth-order valence-electron chi connectivity index (χ4n) is 3.56. The summed E-state index contributed by atoms with van der Waals surface area (Å²) in [7, 11) is 0. The number of hydrogen-bond donors (Lipinski definition) is 1. The van der Waals surface area contributed by atoms with Gasteiger partial charge >= 0.3 is 0 Å². The Bertz CT molecular complexity index is 1040. The molecule has 5 nitrogen and oxygen atoms in total. The van der Waals surface area contributed by atoms with E-state index in [0.29, 0.717) is 0 Å². The average Bonchev–Trinajstić information content (AvgIpc) is 3.38. The highest BCUT2D eigenvalue weighted by Gasteiger charge is 2.20. The number of rotatable bonds is 3. The molecule has 0 saturated carbocycles. The first kappa shape index (κ1) is 15.5. The maximum absolute atomic E-state index is 5.51. The van der Waals surface area contributed by atoms with Crippen LogP contribution in [0.25, 0.3) is 33.3 Å². The van der Waals surface area contributed by atoms with Crippen molar-refractivity contribution in [2.75, 3.05) is 31.2 Å². The van der Waals surface area contributed by atoms with Crippen LogP contribution in [0.4, 0.5) is 5.82 Å². The molecular formula is C20H18N4OS. The largest absolute Gasteiger partial charge is 0.378 e. The molecule has 0 bridgehead atoms. The van der Waals surface area contributed by atoms with E-state index in [1.165, 1.54) is 11.1 Å². The van der Waals surface area contributed by atoms with Crippen LogP contribution in [-0.2, 0) is 4.74 Å². The van der Waals surface area contributed by atoms with E-state index in [4.69, 9.17) is 9.72 Å². The summed E-state index contributed by atoms with van der Waals surface area (Å²) >= 11 is 1.71. The third kappa shape index (κ3) is 2.58. The van der Waals surface area contributed by atoms with E-state index in [9.17, 15) is 0 Å². The second-order valence-electron chi connectivity index (χ2n) is 6.27. The Kier molecular flexibility index (Phi) is 3.92. The van der Waals surface area contributed by atoms with Gasteiger partial charge in [0.2, 0.25) is 0 Å². The van der Waals surface area contributed by atoms with Crippen molar-refractivity contribution in [1.29, 1.82) is 0 Å². The van der Waals surface area contributed by atoms with Crippen molar-refractivity contribution in [2.45, 2.75) is 0 Å². The Labute approximate surface area is 155 Å². The summed E-state index contributed by atoms with van der Waals surface area (Å²) in [5.41, 5.74) is 5.60. The number of H-pyrrole nitrogens is 1. The maximum atomic E-state index is 5.51. The van der Waals surface area contributed by atoms with Crippen LogP contribution in [0.5, 0.6) is 0 Å². The van der Waals surface area contributed by atoms with E-state index in [2.05, 4.69) is 50.0 Å². The Balaban J connectivity index is 1.71. The first-order valence-electron chi connectivity index (χ1n) is 8.68. The number of hydrogen-bond acceptors (Lipinski definition) is 5. The molecule has 0 unspecified atom stereocenters. The molecule has 4 aromatic rings. The van der Waals surface area contributed by atoms with Gasteiger partial charge in [0.25, 0.3) is 0 Å². The van der Waals surface area contributed by atoms with E-state index in [-0.39, 0.29) is 0 Å². The highest BCUT2D eigenvalue weighted by Crippen LogP contribution is 2.39. The number of ether oxygens (including phenoxy) is 1. The number of aromatic nitrogens is 3. The topological polar surface area (TPSA) is 54.0 Å². The van der Waals surface area contributed by atoms with Gasteiger partial charge in [-0.3, -0.25) is 0 Å². The minimum absolute atomic E-state index is 0.742. The molecule has 0 spiro atoms. The number of nitrogens with one attached hydrogen (secondary N) is 1. The first-order chi connectivity index (χ1) is 12.9. The van der Waals surface area contributed by atoms with Crippen molar-refractivity contribution in [3.8, 4) is 22.3 Å². The highest BCUT2D eigenvalue weighted by atomic mass is 32.1. The Morgan fingerprint density at radius 1 is 1.00 bits per heavy atom. The van der Waals surface area contributed by atoms with Crippen molar-refractivity contribution in [3.05, 3.63) is 53.6 Å². The second-order valence-corrected chi connectivity index (χ2v) is 7.05. The number of nitrogens with zero attached hydrogens (tertiary/aromatic N) is 3. The monoisotopic (exact) mass is 362 g/mol. The van der Waals surface area contributed by atoms with Gasteiger partial charge in [0.15, 0.2) is 0 Å². The number of morpholine rings is 1. The van der Waals surface area contributed by atoms with Crippen LogP contribution in [0.3, 0.4) is 0 Å². The van der Waals surface area contributed by atoms with Gasteiger partial charge in [0.1, 0.15) is 11.5 Å². The molecule has 5 rings (SSSR count). The van der Waals surface area contributed by atoms with Crippen molar-refractivity contribution in [2.24, 2.45) is 0 Å². The Morgan fingerprint density at radius 3 is 2.77 bits per heavy atom. The molecule has 1 saturated heterocycles. The summed E-state index contributed by atoms with van der Waals surface area (Å²) in [6.07, 6.45) is 5.78. The summed E-state index contributed by atoms with van der Waals surface area (Å²) in [5.74, 6) is 1.01. The van der Waals surface area contributed by atoms with Crippen LogP contribution in [0.1, 0.15) is 0 Å². The Morgan fingerprint density at radius 2 is 1.92 bits per heavy atom. The van der Waals surface area contributed by atoms with Gasteiger partial charge in [-0.2, -0.15) is 11.3 Å². The summed E-state index contributed by atoms with van der Waals surface area (Å²) in [6, 6.07) is 8.39. The molecule has 1 fully saturated rings. The zero-order chi connectivity index (χ0) is 17.3. The van der Waals surface area contributed by atoms with Crippen molar-refractivity contribution >= 4 is 28.2 Å². The second kappa shape index (κ2) is 6.55. The van der Waals surface area contributed by atoms with E-state index in [1.54, 1.807) is 11.3 Å². The number of pyridine rings is 2. The van der Waals surface area contributed by atoms with Gasteiger partial charge in [-0.25, -0.2) is 9.97 Å². The predicted molar refractivity (Wildman–Crippen MR) is 106 cm³/mol. The van der Waals surface area contributed by atoms with E-state index in [1.807, 2.05) is 18.5 Å². The minimum Gasteiger partial charge on any atom is -0.378 e. The van der Waals surface area contributed by atoms with Gasteiger partial charge in [-0.1, -0.05) is 0 Å². The van der Waals surface area contributed by atoms with Gasteiger partial charge in [-0.15, -0.1) is 0 Å². The van der Waals surface area contributed by atoms with Gasteiger partial charge in [0, 0.05) is 48.2 Å². The average molecular weight is 362 g/mol. The molecule has 0 aliphatic carbocycles. The van der Waals surface area contributed by atoms with Crippen molar-refractivity contribution in [3.63, 3.8) is 0 Å². The maximum Gasteiger partial charge on any atom is 0.138 e. The third-order valence-corrected chi connectivity index (χ3v) is 5.48. The zero-order valence-corrected chi connectivity index (χ0v) is 15.0. The number of fused-ring (bicyclic) bond motifs is 1. The van der Waals surface area contributed by atoms with Crippen LogP contribution in [0, 0.1) is 0 Å². The molecular weight excluding hydrogens is 344 g/mol. The van der Waals surface area contributed by atoms with Crippen LogP contribution >= 0.6 is 11.3 Å². The summed E-state index contributed by atoms with van der Waals surface area (Å²) < 4.78 is 5.51. The summed E-state index contributed by atoms with van der Waals surface area (Å²) in [6.45, 7) is 3.21. The molecule has 4 aromatic heterocycles. The van der Waals surface area contributed by atoms with Gasteiger partial charge < -0.3 is 14.6 Å². The Hall–Kier alpha value is -2.70. The predicted octanol–water partition coefficient (Wildman–Crippen LogP) is 4.19. The summed E-state index contributed by atoms with van der Waals surface area (Å²) in [5, 5.41) is 5.43. The fraction of sp³-hybridized carbons (Fsp3) is 0.200. The fourth-order valence-corrected chi connectivity index (χ4v) is 4.22. The molecule has 0 amide bonds. The van der Waals surface area contributed by atoms with Crippen LogP contribution < -0.4 is 4.90 Å². The molecule has 6 heteroatoms. The molecule has 26 heavy (non-hydrogen) atoms. The third-order valence-electron chi connectivity index (χ3n) is 4.79. The van der Waals surface area contributed by atoms with Gasteiger partial charge in [-0.05, 0) is 46.2 Å². The van der Waals surface area contributed by atoms with E-state index in [0.717, 1.165) is 54.3 Å². The number of anilines is 1. The molecule has 130 valence electrons. The van der Waals surface area contributed by atoms with Crippen molar-refractivity contribution in [1.82, 2.24) is 15.0 Å². The summed E-state index contributed by atoms with van der Waals surface area (Å²) in [4.78, 5) is 14.9. The zero-order valence-electron chi connectivity index (χ0n) is 14.2. The minimum atomic E-state index is 0.742. The van der Waals surface area contributed by atoms with Crippen molar-refractivity contribution < 1.29 is 4.74 Å². The SMILES string of the molecule is c1cnc(N2CCOCC2)c(-c2c[nH]c3nccc(-c4ccsc4)c23)c1. The normalized spacial score (nSPS) is 14.8. The molecule has 1 aliphatic heterocycles. The molecule has 5 heterocycles.